The molecular weight excluding hydrogens is 354 g/mol. The van der Waals surface area contributed by atoms with Crippen LogP contribution in [-0.4, -0.2) is 33.7 Å². The molecule has 1 amide bonds. The lowest BCUT2D eigenvalue weighted by atomic mass is 10.1. The average molecular weight is 377 g/mol. The number of aromatic nitrogens is 2. The Hall–Kier alpha value is -3.28. The Morgan fingerprint density at radius 1 is 1.14 bits per heavy atom. The standard InChI is InChI=1S/C22H23N3O3/c1-24-15-23-13-19(24)22(26)25(12-6-9-17-7-3-2-4-8-17)14-18-10-5-11-20-21(18)28-16-27-20/h2-5,7-8,10-11,13,15H,6,9,12,14,16H2,1H3. The van der Waals surface area contributed by atoms with Gasteiger partial charge in [-0.05, 0) is 24.5 Å². The molecule has 0 atom stereocenters. The molecular formula is C22H23N3O3. The first-order valence-electron chi connectivity index (χ1n) is 9.39. The molecule has 0 unspecified atom stereocenters. The van der Waals surface area contributed by atoms with Gasteiger partial charge in [-0.1, -0.05) is 42.5 Å². The van der Waals surface area contributed by atoms with Gasteiger partial charge in [0.1, 0.15) is 5.69 Å². The molecule has 0 bridgehead atoms. The molecule has 0 fully saturated rings. The molecule has 2 aromatic carbocycles. The van der Waals surface area contributed by atoms with Crippen molar-refractivity contribution in [3.8, 4) is 11.5 Å². The molecule has 0 spiro atoms. The Morgan fingerprint density at radius 3 is 2.79 bits per heavy atom. The Balaban J connectivity index is 1.52. The van der Waals surface area contributed by atoms with Crippen molar-refractivity contribution in [2.24, 2.45) is 7.05 Å². The van der Waals surface area contributed by atoms with E-state index in [4.69, 9.17) is 9.47 Å². The second-order valence-corrected chi connectivity index (χ2v) is 6.86. The Bertz CT molecular complexity index is 953. The highest BCUT2D eigenvalue weighted by Crippen LogP contribution is 2.36. The van der Waals surface area contributed by atoms with Gasteiger partial charge in [-0.15, -0.1) is 0 Å². The van der Waals surface area contributed by atoms with Crippen LogP contribution in [0.3, 0.4) is 0 Å². The van der Waals surface area contributed by atoms with Gasteiger partial charge in [0.05, 0.1) is 12.5 Å². The van der Waals surface area contributed by atoms with Crippen LogP contribution in [0.5, 0.6) is 11.5 Å². The summed E-state index contributed by atoms with van der Waals surface area (Å²) >= 11 is 0. The van der Waals surface area contributed by atoms with E-state index < -0.39 is 0 Å². The largest absolute Gasteiger partial charge is 0.454 e. The summed E-state index contributed by atoms with van der Waals surface area (Å²) in [5.74, 6) is 1.42. The van der Waals surface area contributed by atoms with Crippen molar-refractivity contribution in [3.63, 3.8) is 0 Å². The minimum absolute atomic E-state index is 0.0374. The van der Waals surface area contributed by atoms with Gasteiger partial charge in [0.25, 0.3) is 5.91 Å². The molecule has 0 saturated heterocycles. The van der Waals surface area contributed by atoms with E-state index >= 15 is 0 Å². The van der Waals surface area contributed by atoms with Gasteiger partial charge in [0.2, 0.25) is 6.79 Å². The van der Waals surface area contributed by atoms with Crippen molar-refractivity contribution < 1.29 is 14.3 Å². The number of amides is 1. The van der Waals surface area contributed by atoms with Gasteiger partial charge in [-0.25, -0.2) is 4.98 Å². The maximum absolute atomic E-state index is 13.2. The Morgan fingerprint density at radius 2 is 2.00 bits per heavy atom. The molecule has 6 heteroatoms. The molecule has 3 aromatic rings. The van der Waals surface area contributed by atoms with Crippen molar-refractivity contribution >= 4 is 5.91 Å². The lowest BCUT2D eigenvalue weighted by Gasteiger charge is -2.23. The molecule has 6 nitrogen and oxygen atoms in total. The third-order valence-electron chi connectivity index (χ3n) is 4.90. The van der Waals surface area contributed by atoms with Crippen LogP contribution in [0.4, 0.5) is 0 Å². The summed E-state index contributed by atoms with van der Waals surface area (Å²) in [6.07, 6.45) is 5.05. The van der Waals surface area contributed by atoms with Crippen LogP contribution in [0.2, 0.25) is 0 Å². The van der Waals surface area contributed by atoms with Crippen LogP contribution in [-0.2, 0) is 20.0 Å². The molecule has 2 heterocycles. The number of carbonyl (C=O) groups is 1. The van der Waals surface area contributed by atoms with Crippen molar-refractivity contribution in [2.45, 2.75) is 19.4 Å². The summed E-state index contributed by atoms with van der Waals surface area (Å²) in [6, 6.07) is 16.1. The second-order valence-electron chi connectivity index (χ2n) is 6.86. The van der Waals surface area contributed by atoms with E-state index in [1.54, 1.807) is 17.1 Å². The average Bonchev–Trinajstić information content (AvgIpc) is 3.37. The quantitative estimate of drug-likeness (QED) is 0.633. The Kier molecular flexibility index (Phi) is 5.28. The molecule has 0 aliphatic carbocycles. The third kappa shape index (κ3) is 3.86. The number of hydrogen-bond acceptors (Lipinski definition) is 4. The summed E-state index contributed by atoms with van der Waals surface area (Å²) in [5.41, 5.74) is 2.79. The highest BCUT2D eigenvalue weighted by atomic mass is 16.7. The fourth-order valence-corrected chi connectivity index (χ4v) is 3.42. The SMILES string of the molecule is Cn1cncc1C(=O)N(CCCc1ccccc1)Cc1cccc2c1OCO2. The van der Waals surface area contributed by atoms with Crippen molar-refractivity contribution in [3.05, 3.63) is 77.9 Å². The molecule has 144 valence electrons. The molecule has 0 N–H and O–H groups in total. The number of ether oxygens (including phenoxy) is 2. The number of hydrogen-bond donors (Lipinski definition) is 0. The molecule has 4 rings (SSSR count). The molecule has 28 heavy (non-hydrogen) atoms. The predicted molar refractivity (Wildman–Crippen MR) is 105 cm³/mol. The van der Waals surface area contributed by atoms with Gasteiger partial charge in [-0.3, -0.25) is 4.79 Å². The zero-order valence-corrected chi connectivity index (χ0v) is 15.9. The van der Waals surface area contributed by atoms with E-state index in [1.807, 2.05) is 48.3 Å². The smallest absolute Gasteiger partial charge is 0.272 e. The van der Waals surface area contributed by atoms with E-state index in [2.05, 4.69) is 17.1 Å². The first kappa shape index (κ1) is 18.1. The third-order valence-corrected chi connectivity index (χ3v) is 4.90. The summed E-state index contributed by atoms with van der Waals surface area (Å²) in [7, 11) is 1.83. The first-order chi connectivity index (χ1) is 13.7. The fraction of sp³-hybridized carbons (Fsp3) is 0.273. The van der Waals surface area contributed by atoms with Gasteiger partial charge in [0, 0.05) is 25.7 Å². The minimum atomic E-state index is -0.0374. The number of rotatable bonds is 7. The van der Waals surface area contributed by atoms with Crippen molar-refractivity contribution in [1.82, 2.24) is 14.5 Å². The number of fused-ring (bicyclic) bond motifs is 1. The lowest BCUT2D eigenvalue weighted by molar-refractivity contribution is 0.0730. The number of imidazole rings is 1. The first-order valence-corrected chi connectivity index (χ1v) is 9.39. The second kappa shape index (κ2) is 8.17. The molecule has 1 aliphatic heterocycles. The number of para-hydroxylation sites is 1. The fourth-order valence-electron chi connectivity index (χ4n) is 3.42. The predicted octanol–water partition coefficient (Wildman–Crippen LogP) is 3.42. The van der Waals surface area contributed by atoms with Crippen LogP contribution in [0.25, 0.3) is 0 Å². The summed E-state index contributed by atoms with van der Waals surface area (Å²) in [6.45, 7) is 1.32. The van der Waals surface area contributed by atoms with E-state index in [0.717, 1.165) is 29.9 Å². The van der Waals surface area contributed by atoms with Crippen LogP contribution < -0.4 is 9.47 Å². The highest BCUT2D eigenvalue weighted by Gasteiger charge is 2.23. The zero-order chi connectivity index (χ0) is 19.3. The van der Waals surface area contributed by atoms with Gasteiger partial charge >= 0.3 is 0 Å². The minimum Gasteiger partial charge on any atom is -0.454 e. The molecule has 0 saturated carbocycles. The van der Waals surface area contributed by atoms with Crippen LogP contribution >= 0.6 is 0 Å². The number of benzene rings is 2. The maximum atomic E-state index is 13.2. The molecule has 1 aliphatic rings. The number of nitrogens with zero attached hydrogens (tertiary/aromatic N) is 3. The normalized spacial score (nSPS) is 12.2. The summed E-state index contributed by atoms with van der Waals surface area (Å²) < 4.78 is 12.8. The van der Waals surface area contributed by atoms with Gasteiger partial charge in [-0.2, -0.15) is 0 Å². The topological polar surface area (TPSA) is 56.6 Å². The Labute approximate surface area is 164 Å². The van der Waals surface area contributed by atoms with E-state index in [9.17, 15) is 4.79 Å². The maximum Gasteiger partial charge on any atom is 0.272 e. The van der Waals surface area contributed by atoms with E-state index in [0.29, 0.717) is 18.8 Å². The van der Waals surface area contributed by atoms with Gasteiger partial charge < -0.3 is 18.9 Å². The van der Waals surface area contributed by atoms with E-state index in [-0.39, 0.29) is 12.7 Å². The lowest BCUT2D eigenvalue weighted by Crippen LogP contribution is -2.33. The monoisotopic (exact) mass is 377 g/mol. The summed E-state index contributed by atoms with van der Waals surface area (Å²) in [5, 5.41) is 0. The van der Waals surface area contributed by atoms with Gasteiger partial charge in [0.15, 0.2) is 11.5 Å². The van der Waals surface area contributed by atoms with Crippen molar-refractivity contribution in [1.29, 1.82) is 0 Å². The molecule has 0 radical (unpaired) electrons. The molecule has 1 aromatic heterocycles. The van der Waals surface area contributed by atoms with Crippen LogP contribution in [0.15, 0.2) is 61.1 Å². The van der Waals surface area contributed by atoms with Crippen LogP contribution in [0, 0.1) is 0 Å². The van der Waals surface area contributed by atoms with Crippen molar-refractivity contribution in [2.75, 3.05) is 13.3 Å². The summed E-state index contributed by atoms with van der Waals surface area (Å²) in [4.78, 5) is 19.1. The number of aryl methyl sites for hydroxylation is 2. The van der Waals surface area contributed by atoms with E-state index in [1.165, 1.54) is 5.56 Å². The highest BCUT2D eigenvalue weighted by molar-refractivity contribution is 5.92. The van der Waals surface area contributed by atoms with Crippen LogP contribution in [0.1, 0.15) is 28.0 Å². The number of carbonyl (C=O) groups excluding carboxylic acids is 1. The zero-order valence-electron chi connectivity index (χ0n) is 15.9.